The Labute approximate surface area is 157 Å². The molecule has 1 amide bonds. The van der Waals surface area contributed by atoms with Gasteiger partial charge < -0.3 is 5.32 Å². The van der Waals surface area contributed by atoms with E-state index in [1.54, 1.807) is 18.2 Å². The fourth-order valence-corrected chi connectivity index (χ4v) is 2.68. The minimum absolute atomic E-state index is 0.0282. The Morgan fingerprint density at radius 1 is 1.08 bits per heavy atom. The van der Waals surface area contributed by atoms with Crippen LogP contribution in [0.2, 0.25) is 10.0 Å². The second-order valence-corrected chi connectivity index (χ2v) is 7.41. The molecule has 25 heavy (non-hydrogen) atoms. The number of nitriles is 1. The largest absolute Gasteiger partial charge is 0.319 e. The maximum absolute atomic E-state index is 12.4. The van der Waals surface area contributed by atoms with E-state index in [9.17, 15) is 10.1 Å². The third-order valence-corrected chi connectivity index (χ3v) is 4.28. The molecule has 0 radical (unpaired) electrons. The Hall–Kier alpha value is -2.28. The van der Waals surface area contributed by atoms with Crippen LogP contribution in [0.5, 0.6) is 0 Å². The van der Waals surface area contributed by atoms with Gasteiger partial charge in [-0.2, -0.15) is 5.26 Å². The van der Waals surface area contributed by atoms with Crippen LogP contribution >= 0.6 is 23.2 Å². The number of hydrogen-bond acceptors (Lipinski definition) is 2. The van der Waals surface area contributed by atoms with E-state index >= 15 is 0 Å². The minimum atomic E-state index is -0.558. The number of hydrogen-bond donors (Lipinski definition) is 1. The molecule has 0 aliphatic rings. The maximum atomic E-state index is 12.4. The molecule has 1 N–H and O–H groups in total. The summed E-state index contributed by atoms with van der Waals surface area (Å²) in [5.41, 5.74) is 2.25. The van der Waals surface area contributed by atoms with Crippen molar-refractivity contribution in [3.05, 3.63) is 69.2 Å². The van der Waals surface area contributed by atoms with Crippen LogP contribution in [0.15, 0.2) is 48.0 Å². The summed E-state index contributed by atoms with van der Waals surface area (Å²) in [5, 5.41) is 12.5. The molecule has 0 aromatic heterocycles. The predicted octanol–water partition coefficient (Wildman–Crippen LogP) is 5.84. The molecule has 5 heteroatoms. The van der Waals surface area contributed by atoms with Gasteiger partial charge in [-0.1, -0.05) is 74.3 Å². The van der Waals surface area contributed by atoms with Crippen LogP contribution in [0.1, 0.15) is 31.9 Å². The monoisotopic (exact) mass is 372 g/mol. The van der Waals surface area contributed by atoms with Gasteiger partial charge >= 0.3 is 0 Å². The summed E-state index contributed by atoms with van der Waals surface area (Å²) in [7, 11) is 0. The fourth-order valence-electron chi connectivity index (χ4n) is 2.19. The zero-order chi connectivity index (χ0) is 18.6. The van der Waals surface area contributed by atoms with Crippen LogP contribution in [0.4, 0.5) is 5.69 Å². The molecule has 0 heterocycles. The third-order valence-electron chi connectivity index (χ3n) is 3.65. The van der Waals surface area contributed by atoms with Gasteiger partial charge in [0.2, 0.25) is 0 Å². The molecule has 0 aliphatic carbocycles. The van der Waals surface area contributed by atoms with Gasteiger partial charge in [-0.05, 0) is 34.8 Å². The van der Waals surface area contributed by atoms with Crippen LogP contribution in [-0.4, -0.2) is 5.91 Å². The van der Waals surface area contributed by atoms with Crippen molar-refractivity contribution in [1.29, 1.82) is 5.26 Å². The van der Waals surface area contributed by atoms with Crippen molar-refractivity contribution < 1.29 is 4.79 Å². The summed E-state index contributed by atoms with van der Waals surface area (Å²) in [5.74, 6) is -0.558. The molecule has 0 bridgehead atoms. The molecule has 3 nitrogen and oxygen atoms in total. The summed E-state index contributed by atoms with van der Waals surface area (Å²) in [6.45, 7) is 6.37. The van der Waals surface area contributed by atoms with Crippen LogP contribution in [0.25, 0.3) is 6.08 Å². The van der Waals surface area contributed by atoms with Gasteiger partial charge in [0.25, 0.3) is 5.91 Å². The summed E-state index contributed by atoms with van der Waals surface area (Å²) in [6.07, 6.45) is 1.53. The Morgan fingerprint density at radius 2 is 1.64 bits per heavy atom. The first-order valence-corrected chi connectivity index (χ1v) is 8.45. The highest BCUT2D eigenvalue weighted by atomic mass is 35.5. The van der Waals surface area contributed by atoms with E-state index in [2.05, 4.69) is 26.1 Å². The van der Waals surface area contributed by atoms with Gasteiger partial charge in [0, 0.05) is 0 Å². The van der Waals surface area contributed by atoms with Crippen LogP contribution in [0, 0.1) is 11.3 Å². The van der Waals surface area contributed by atoms with Crippen molar-refractivity contribution in [2.24, 2.45) is 0 Å². The number of carbonyl (C=O) groups excluding carboxylic acids is 1. The van der Waals surface area contributed by atoms with E-state index in [1.165, 1.54) is 11.6 Å². The molecule has 2 rings (SSSR count). The quantitative estimate of drug-likeness (QED) is 0.543. The third kappa shape index (κ3) is 4.85. The average Bonchev–Trinajstić information content (AvgIpc) is 2.55. The SMILES string of the molecule is CC(C)(C)c1ccc(/C=C(\C#N)C(=O)Nc2c(Cl)cccc2Cl)cc1. The fraction of sp³-hybridized carbons (Fsp3) is 0.200. The number of anilines is 1. The Morgan fingerprint density at radius 3 is 2.12 bits per heavy atom. The lowest BCUT2D eigenvalue weighted by Gasteiger charge is -2.18. The number of amides is 1. The molecular weight excluding hydrogens is 355 g/mol. The van der Waals surface area contributed by atoms with Crippen molar-refractivity contribution in [2.75, 3.05) is 5.32 Å². The minimum Gasteiger partial charge on any atom is -0.319 e. The van der Waals surface area contributed by atoms with Crippen molar-refractivity contribution in [3.8, 4) is 6.07 Å². The van der Waals surface area contributed by atoms with Gasteiger partial charge in [0.05, 0.1) is 15.7 Å². The van der Waals surface area contributed by atoms with Crippen molar-refractivity contribution in [2.45, 2.75) is 26.2 Å². The molecule has 0 aliphatic heterocycles. The second kappa shape index (κ2) is 7.74. The number of benzene rings is 2. The Kier molecular flexibility index (Phi) is 5.89. The summed E-state index contributed by atoms with van der Waals surface area (Å²) in [4.78, 5) is 12.4. The number of nitrogens with zero attached hydrogens (tertiary/aromatic N) is 1. The molecule has 0 atom stereocenters. The molecule has 0 saturated heterocycles. The topological polar surface area (TPSA) is 52.9 Å². The molecule has 2 aromatic rings. The van der Waals surface area contributed by atoms with E-state index in [1.807, 2.05) is 30.3 Å². The first kappa shape index (κ1) is 19.1. The summed E-state index contributed by atoms with van der Waals surface area (Å²) >= 11 is 12.1. The lowest BCUT2D eigenvalue weighted by atomic mass is 9.86. The highest BCUT2D eigenvalue weighted by molar-refractivity contribution is 6.40. The Bertz CT molecular complexity index is 836. The van der Waals surface area contributed by atoms with E-state index in [0.717, 1.165) is 5.56 Å². The Balaban J connectivity index is 2.25. The molecule has 2 aromatic carbocycles. The predicted molar refractivity (Wildman–Crippen MR) is 104 cm³/mol. The van der Waals surface area contributed by atoms with Crippen LogP contribution < -0.4 is 5.32 Å². The van der Waals surface area contributed by atoms with E-state index in [0.29, 0.717) is 15.7 Å². The lowest BCUT2D eigenvalue weighted by molar-refractivity contribution is -0.112. The number of rotatable bonds is 3. The van der Waals surface area contributed by atoms with Gasteiger partial charge in [-0.25, -0.2) is 0 Å². The summed E-state index contributed by atoms with van der Waals surface area (Å²) < 4.78 is 0. The van der Waals surface area contributed by atoms with Gasteiger partial charge in [0.1, 0.15) is 11.6 Å². The second-order valence-electron chi connectivity index (χ2n) is 6.59. The lowest BCUT2D eigenvalue weighted by Crippen LogP contribution is -2.14. The number of carbonyl (C=O) groups is 1. The van der Waals surface area contributed by atoms with Gasteiger partial charge in [0.15, 0.2) is 0 Å². The van der Waals surface area contributed by atoms with Gasteiger partial charge in [-0.3, -0.25) is 4.79 Å². The standard InChI is InChI=1S/C20H18Cl2N2O/c1-20(2,3)15-9-7-13(8-10-15)11-14(12-23)19(25)24-18-16(21)5-4-6-17(18)22/h4-11H,1-3H3,(H,24,25)/b14-11+. The first-order valence-electron chi connectivity index (χ1n) is 7.70. The molecule has 0 fully saturated rings. The zero-order valence-electron chi connectivity index (χ0n) is 14.2. The molecule has 0 unspecified atom stereocenters. The number of nitrogens with one attached hydrogen (secondary N) is 1. The van der Waals surface area contributed by atoms with E-state index in [-0.39, 0.29) is 11.0 Å². The van der Waals surface area contributed by atoms with Crippen molar-refractivity contribution >= 4 is 40.9 Å². The maximum Gasteiger partial charge on any atom is 0.266 e. The highest BCUT2D eigenvalue weighted by Gasteiger charge is 2.15. The zero-order valence-corrected chi connectivity index (χ0v) is 15.7. The van der Waals surface area contributed by atoms with Crippen molar-refractivity contribution in [3.63, 3.8) is 0 Å². The molecule has 0 saturated carbocycles. The number of halogens is 2. The average molecular weight is 373 g/mol. The summed E-state index contributed by atoms with van der Waals surface area (Å²) in [6, 6.07) is 14.6. The molecule has 0 spiro atoms. The van der Waals surface area contributed by atoms with Gasteiger partial charge in [-0.15, -0.1) is 0 Å². The number of para-hydroxylation sites is 1. The normalized spacial score (nSPS) is 11.8. The van der Waals surface area contributed by atoms with Crippen LogP contribution in [0.3, 0.4) is 0 Å². The molecule has 128 valence electrons. The van der Waals surface area contributed by atoms with Crippen LogP contribution in [-0.2, 0) is 10.2 Å². The van der Waals surface area contributed by atoms with E-state index in [4.69, 9.17) is 23.2 Å². The van der Waals surface area contributed by atoms with Crippen molar-refractivity contribution in [1.82, 2.24) is 0 Å². The first-order chi connectivity index (χ1) is 11.7. The molecular formula is C20H18Cl2N2O. The highest BCUT2D eigenvalue weighted by Crippen LogP contribution is 2.30. The van der Waals surface area contributed by atoms with E-state index < -0.39 is 5.91 Å². The smallest absolute Gasteiger partial charge is 0.266 e.